The summed E-state index contributed by atoms with van der Waals surface area (Å²) in [5.41, 5.74) is 3.60. The molecule has 0 bridgehead atoms. The zero-order valence-electron chi connectivity index (χ0n) is 22.0. The Labute approximate surface area is 252 Å². The maximum absolute atomic E-state index is 14.0. The molecule has 5 rings (SSSR count). The van der Waals surface area contributed by atoms with E-state index in [0.717, 1.165) is 21.2 Å². The van der Waals surface area contributed by atoms with E-state index in [1.165, 1.54) is 11.3 Å². The molecule has 0 unspecified atom stereocenters. The van der Waals surface area contributed by atoms with Crippen molar-refractivity contribution in [3.05, 3.63) is 123 Å². The van der Waals surface area contributed by atoms with Crippen LogP contribution in [0.1, 0.15) is 55.0 Å². The van der Waals surface area contributed by atoms with Crippen molar-refractivity contribution in [3.8, 4) is 5.75 Å². The van der Waals surface area contributed by atoms with Gasteiger partial charge in [0, 0.05) is 15.6 Å². The van der Waals surface area contributed by atoms with Gasteiger partial charge in [0.15, 0.2) is 4.80 Å². The van der Waals surface area contributed by atoms with E-state index in [2.05, 4.69) is 45.7 Å². The number of carbonyl (C=O) groups excluding carboxylic acids is 1. The molecule has 0 aliphatic carbocycles. The number of phenolic OH excluding ortho intramolecular Hbond substituents is 1. The lowest BCUT2D eigenvalue weighted by Gasteiger charge is -2.26. The summed E-state index contributed by atoms with van der Waals surface area (Å²) in [5.74, 6) is -0.175. The molecule has 3 aromatic carbocycles. The molecular formula is C31H26Br2N2O4S. The van der Waals surface area contributed by atoms with Gasteiger partial charge in [-0.2, -0.15) is 0 Å². The van der Waals surface area contributed by atoms with Gasteiger partial charge in [0.05, 0.1) is 32.9 Å². The summed E-state index contributed by atoms with van der Waals surface area (Å²) in [5, 5.41) is 10.6. The first-order chi connectivity index (χ1) is 19.2. The van der Waals surface area contributed by atoms with Crippen LogP contribution in [-0.4, -0.2) is 22.2 Å². The van der Waals surface area contributed by atoms with Crippen molar-refractivity contribution in [2.45, 2.75) is 32.7 Å². The minimum atomic E-state index is -0.753. The number of aromatic hydroxyl groups is 1. The second kappa shape index (κ2) is 11.7. The van der Waals surface area contributed by atoms with Gasteiger partial charge in [-0.25, -0.2) is 9.79 Å². The Morgan fingerprint density at radius 3 is 2.48 bits per heavy atom. The van der Waals surface area contributed by atoms with Crippen LogP contribution in [0.5, 0.6) is 5.75 Å². The number of phenols is 1. The van der Waals surface area contributed by atoms with Gasteiger partial charge in [0.2, 0.25) is 0 Å². The number of esters is 1. The number of hydrogen-bond acceptors (Lipinski definition) is 6. The summed E-state index contributed by atoms with van der Waals surface area (Å²) in [6.07, 6.45) is 1.64. The lowest BCUT2D eigenvalue weighted by Crippen LogP contribution is -2.40. The fourth-order valence-corrected chi connectivity index (χ4v) is 6.91. The smallest absolute Gasteiger partial charge is 0.338 e. The molecule has 9 heteroatoms. The molecule has 4 aromatic rings. The van der Waals surface area contributed by atoms with Crippen molar-refractivity contribution in [2.24, 2.45) is 4.99 Å². The Kier molecular flexibility index (Phi) is 8.26. The van der Waals surface area contributed by atoms with Gasteiger partial charge >= 0.3 is 5.97 Å². The zero-order chi connectivity index (χ0) is 28.6. The molecule has 6 nitrogen and oxygen atoms in total. The predicted octanol–water partition coefficient (Wildman–Crippen LogP) is 6.29. The van der Waals surface area contributed by atoms with Gasteiger partial charge in [-0.1, -0.05) is 95.7 Å². The van der Waals surface area contributed by atoms with E-state index in [4.69, 9.17) is 9.73 Å². The zero-order valence-corrected chi connectivity index (χ0v) is 26.0. The minimum Gasteiger partial charge on any atom is -0.506 e. The molecule has 0 saturated heterocycles. The summed E-state index contributed by atoms with van der Waals surface area (Å²) in [6, 6.07) is 20.1. The third kappa shape index (κ3) is 5.38. The third-order valence-electron chi connectivity index (χ3n) is 6.64. The Morgan fingerprint density at radius 1 is 1.12 bits per heavy atom. The van der Waals surface area contributed by atoms with E-state index in [9.17, 15) is 14.7 Å². The average Bonchev–Trinajstić information content (AvgIpc) is 3.25. The highest BCUT2D eigenvalue weighted by Crippen LogP contribution is 2.36. The minimum absolute atomic E-state index is 0.0204. The molecule has 0 saturated carbocycles. The fourth-order valence-electron chi connectivity index (χ4n) is 4.66. The van der Waals surface area contributed by atoms with Gasteiger partial charge in [-0.3, -0.25) is 9.36 Å². The summed E-state index contributed by atoms with van der Waals surface area (Å²) >= 11 is 8.01. The molecular weight excluding hydrogens is 656 g/mol. The van der Waals surface area contributed by atoms with Crippen LogP contribution >= 0.6 is 43.2 Å². The van der Waals surface area contributed by atoms with Crippen LogP contribution < -0.4 is 14.9 Å². The maximum Gasteiger partial charge on any atom is 0.338 e. The number of halogens is 2. The van der Waals surface area contributed by atoms with Crippen LogP contribution in [0.4, 0.5) is 0 Å². The van der Waals surface area contributed by atoms with E-state index in [0.29, 0.717) is 36.6 Å². The molecule has 1 aliphatic heterocycles. The van der Waals surface area contributed by atoms with E-state index in [-0.39, 0.29) is 17.9 Å². The first-order valence-corrected chi connectivity index (χ1v) is 15.2. The molecule has 0 radical (unpaired) electrons. The second-order valence-corrected chi connectivity index (χ2v) is 12.4. The lowest BCUT2D eigenvalue weighted by molar-refractivity contribution is -0.138. The van der Waals surface area contributed by atoms with E-state index in [1.54, 1.807) is 29.7 Å². The normalized spacial score (nSPS) is 15.2. The highest BCUT2D eigenvalue weighted by molar-refractivity contribution is 9.11. The number of ether oxygens (including phenoxy) is 1. The number of hydrogen-bond donors (Lipinski definition) is 1. The van der Waals surface area contributed by atoms with Gasteiger partial charge < -0.3 is 9.84 Å². The van der Waals surface area contributed by atoms with Crippen LogP contribution in [-0.2, 0) is 9.53 Å². The number of nitrogens with zero attached hydrogens (tertiary/aromatic N) is 2. The molecule has 0 fully saturated rings. The quantitative estimate of drug-likeness (QED) is 0.243. The number of aromatic nitrogens is 1. The second-order valence-electron chi connectivity index (χ2n) is 9.58. The Morgan fingerprint density at radius 2 is 1.82 bits per heavy atom. The molecule has 0 amide bonds. The third-order valence-corrected chi connectivity index (χ3v) is 8.68. The van der Waals surface area contributed by atoms with Crippen molar-refractivity contribution >= 4 is 60.9 Å². The summed E-state index contributed by atoms with van der Waals surface area (Å²) in [6.45, 7) is 6.17. The lowest BCUT2D eigenvalue weighted by atomic mass is 9.91. The molecule has 1 aliphatic rings. The molecule has 40 heavy (non-hydrogen) atoms. The maximum atomic E-state index is 14.0. The van der Waals surface area contributed by atoms with Crippen LogP contribution in [0.25, 0.3) is 11.8 Å². The Bertz CT molecular complexity index is 1810. The first-order valence-electron chi connectivity index (χ1n) is 12.8. The van der Waals surface area contributed by atoms with Crippen molar-refractivity contribution in [2.75, 3.05) is 6.61 Å². The highest BCUT2D eigenvalue weighted by atomic mass is 79.9. The average molecular weight is 682 g/mol. The van der Waals surface area contributed by atoms with Crippen LogP contribution in [0.15, 0.2) is 91.0 Å². The Balaban J connectivity index is 1.83. The molecule has 0 spiro atoms. The number of carbonyl (C=O) groups is 1. The van der Waals surface area contributed by atoms with Crippen LogP contribution in [0.2, 0.25) is 0 Å². The topological polar surface area (TPSA) is 80.9 Å². The molecule has 1 N–H and O–H groups in total. The van der Waals surface area contributed by atoms with Gasteiger partial charge in [0.25, 0.3) is 5.56 Å². The molecule has 1 aromatic heterocycles. The number of rotatable bonds is 6. The first kappa shape index (κ1) is 28.3. The summed E-state index contributed by atoms with van der Waals surface area (Å²) < 4.78 is 8.71. The largest absolute Gasteiger partial charge is 0.506 e. The van der Waals surface area contributed by atoms with E-state index >= 15 is 0 Å². The molecule has 2 heterocycles. The standard InChI is InChI=1S/C31H26Br2N2O4S/c1-4-39-30(38)25-26(19-8-6-5-7-9-19)34-31-35(27(25)20-12-10-18(11-13-20)17(2)3)29(37)24(40-31)15-21-14-22(32)16-23(33)28(21)36/h5-17,27,36H,4H2,1-3H3/b24-15-/t27-/m1/s1. The van der Waals surface area contributed by atoms with Gasteiger partial charge in [-0.15, -0.1) is 0 Å². The van der Waals surface area contributed by atoms with Crippen molar-refractivity contribution < 1.29 is 14.6 Å². The highest BCUT2D eigenvalue weighted by Gasteiger charge is 2.35. The van der Waals surface area contributed by atoms with Gasteiger partial charge in [-0.05, 0) is 58.1 Å². The van der Waals surface area contributed by atoms with Gasteiger partial charge in [0.1, 0.15) is 5.75 Å². The number of thiazole rings is 1. The van der Waals surface area contributed by atoms with Crippen molar-refractivity contribution in [1.82, 2.24) is 4.57 Å². The predicted molar refractivity (Wildman–Crippen MR) is 165 cm³/mol. The van der Waals surface area contributed by atoms with Crippen LogP contribution in [0.3, 0.4) is 0 Å². The molecule has 1 atom stereocenters. The number of benzene rings is 3. The summed E-state index contributed by atoms with van der Waals surface area (Å²) in [4.78, 5) is 32.9. The van der Waals surface area contributed by atoms with Crippen molar-refractivity contribution in [3.63, 3.8) is 0 Å². The van der Waals surface area contributed by atoms with E-state index < -0.39 is 12.0 Å². The van der Waals surface area contributed by atoms with Crippen molar-refractivity contribution in [1.29, 1.82) is 0 Å². The van der Waals surface area contributed by atoms with E-state index in [1.807, 2.05) is 54.6 Å². The SMILES string of the molecule is CCOC(=O)C1=C(c2ccccc2)N=c2s/c(=C\c3cc(Br)cc(Br)c3O)c(=O)n2[C@@H]1c1ccc(C(C)C)cc1. The Hall–Kier alpha value is -3.27. The summed E-state index contributed by atoms with van der Waals surface area (Å²) in [7, 11) is 0. The monoisotopic (exact) mass is 680 g/mol. The molecule has 204 valence electrons. The fraction of sp³-hybridized carbons (Fsp3) is 0.194. The van der Waals surface area contributed by atoms with Crippen LogP contribution in [0, 0.1) is 0 Å². The number of fused-ring (bicyclic) bond motifs is 1.